The molecule has 0 aliphatic carbocycles. The molecule has 0 aromatic heterocycles. The van der Waals surface area contributed by atoms with Gasteiger partial charge in [-0.2, -0.15) is 0 Å². The van der Waals surface area contributed by atoms with Crippen LogP contribution in [0.1, 0.15) is 55.4 Å². The molecule has 2 aliphatic heterocycles. The number of benzene rings is 1. The maximum absolute atomic E-state index is 11.1. The Balaban J connectivity index is 1.83. The van der Waals surface area contributed by atoms with Gasteiger partial charge in [-0.25, -0.2) is 0 Å². The Morgan fingerprint density at radius 1 is 0.968 bits per heavy atom. The van der Waals surface area contributed by atoms with E-state index in [0.29, 0.717) is 23.2 Å². The maximum atomic E-state index is 11.1. The Hall–Kier alpha value is -0.413. The standard InChI is InChI=1S/C24H40O5SSi/c1-15(2)31(16(3)4,17(5)6)26-14-19-21-22(29-24(7,8)28-21)20(25)23(27-19)30-18-12-10-9-11-13-18/h9-13,15-17,19-23,25H,14H2,1-8H3/t19-,20-,21+,22-,23-/m1/s1. The van der Waals surface area contributed by atoms with Crippen LogP contribution in [0.5, 0.6) is 0 Å². The highest BCUT2D eigenvalue weighted by Gasteiger charge is 2.56. The largest absolute Gasteiger partial charge is 0.413 e. The van der Waals surface area contributed by atoms with Crippen molar-refractivity contribution < 1.29 is 23.7 Å². The molecule has 3 rings (SSSR count). The predicted octanol–water partition coefficient (Wildman–Crippen LogP) is 5.58. The molecule has 1 aromatic rings. The Morgan fingerprint density at radius 2 is 1.52 bits per heavy atom. The number of aliphatic hydroxyl groups is 1. The average Bonchev–Trinajstić information content (AvgIpc) is 3.01. The summed E-state index contributed by atoms with van der Waals surface area (Å²) in [5.74, 6) is -0.757. The van der Waals surface area contributed by atoms with Gasteiger partial charge >= 0.3 is 0 Å². The molecular weight excluding hydrogens is 428 g/mol. The summed E-state index contributed by atoms with van der Waals surface area (Å²) in [6.07, 6.45) is -1.86. The third-order valence-corrected chi connectivity index (χ3v) is 13.9. The normalized spacial score (nSPS) is 30.9. The second kappa shape index (κ2) is 9.83. The molecule has 2 saturated heterocycles. The lowest BCUT2D eigenvalue weighted by Crippen LogP contribution is -2.58. The summed E-state index contributed by atoms with van der Waals surface area (Å²) in [6, 6.07) is 10.0. The lowest BCUT2D eigenvalue weighted by Gasteiger charge is -2.45. The van der Waals surface area contributed by atoms with Crippen LogP contribution >= 0.6 is 11.8 Å². The van der Waals surface area contributed by atoms with E-state index < -0.39 is 31.7 Å². The van der Waals surface area contributed by atoms with Gasteiger partial charge in [-0.3, -0.25) is 0 Å². The van der Waals surface area contributed by atoms with Crippen molar-refractivity contribution in [3.05, 3.63) is 30.3 Å². The second-order valence-electron chi connectivity index (χ2n) is 10.2. The first kappa shape index (κ1) is 25.2. The zero-order chi connectivity index (χ0) is 23.0. The van der Waals surface area contributed by atoms with E-state index in [1.54, 1.807) is 0 Å². The zero-order valence-electron chi connectivity index (χ0n) is 20.2. The molecule has 2 fully saturated rings. The lowest BCUT2D eigenvalue weighted by atomic mass is 10.0. The number of hydrogen-bond acceptors (Lipinski definition) is 6. The highest BCUT2D eigenvalue weighted by atomic mass is 32.2. The zero-order valence-corrected chi connectivity index (χ0v) is 22.0. The molecule has 2 aliphatic rings. The van der Waals surface area contributed by atoms with Gasteiger partial charge in [0.15, 0.2) is 14.1 Å². The van der Waals surface area contributed by atoms with Crippen molar-refractivity contribution >= 4 is 20.1 Å². The van der Waals surface area contributed by atoms with Gasteiger partial charge in [0.25, 0.3) is 0 Å². The van der Waals surface area contributed by atoms with E-state index in [2.05, 4.69) is 41.5 Å². The number of ether oxygens (including phenoxy) is 3. The molecule has 5 nitrogen and oxygen atoms in total. The van der Waals surface area contributed by atoms with E-state index in [-0.39, 0.29) is 12.2 Å². The summed E-state index contributed by atoms with van der Waals surface area (Å²) in [4.78, 5) is 1.05. The fourth-order valence-electron chi connectivity index (χ4n) is 5.45. The molecule has 7 heteroatoms. The Kier molecular flexibility index (Phi) is 8.00. The van der Waals surface area contributed by atoms with Crippen LogP contribution in [0.15, 0.2) is 35.2 Å². The van der Waals surface area contributed by atoms with E-state index in [0.717, 1.165) is 4.90 Å². The predicted molar refractivity (Wildman–Crippen MR) is 128 cm³/mol. The van der Waals surface area contributed by atoms with Crippen LogP contribution in [0.3, 0.4) is 0 Å². The van der Waals surface area contributed by atoms with Gasteiger partial charge in [0.05, 0.1) is 6.61 Å². The summed E-state index contributed by atoms with van der Waals surface area (Å²) in [5, 5.41) is 11.1. The monoisotopic (exact) mass is 468 g/mol. The van der Waals surface area contributed by atoms with Crippen molar-refractivity contribution in [1.82, 2.24) is 0 Å². The van der Waals surface area contributed by atoms with Gasteiger partial charge in [0.2, 0.25) is 0 Å². The average molecular weight is 469 g/mol. The number of fused-ring (bicyclic) bond motifs is 1. The molecule has 176 valence electrons. The minimum Gasteiger partial charge on any atom is -0.413 e. The summed E-state index contributed by atoms with van der Waals surface area (Å²) in [6.45, 7) is 18.0. The molecule has 0 amide bonds. The first-order valence-corrected chi connectivity index (χ1v) is 14.5. The minimum atomic E-state index is -2.05. The molecular formula is C24H40O5SSi. The molecule has 0 radical (unpaired) electrons. The van der Waals surface area contributed by atoms with Crippen LogP contribution in [-0.4, -0.2) is 55.7 Å². The molecule has 2 heterocycles. The van der Waals surface area contributed by atoms with E-state index in [1.165, 1.54) is 11.8 Å². The summed E-state index contributed by atoms with van der Waals surface area (Å²) in [7, 11) is -2.05. The van der Waals surface area contributed by atoms with Crippen molar-refractivity contribution in [3.63, 3.8) is 0 Å². The van der Waals surface area contributed by atoms with Crippen molar-refractivity contribution in [2.24, 2.45) is 0 Å². The first-order chi connectivity index (χ1) is 14.5. The van der Waals surface area contributed by atoms with E-state index in [9.17, 15) is 5.11 Å². The topological polar surface area (TPSA) is 57.2 Å². The number of aliphatic hydroxyl groups excluding tert-OH is 1. The van der Waals surface area contributed by atoms with Gasteiger partial charge in [0.1, 0.15) is 29.9 Å². The first-order valence-electron chi connectivity index (χ1n) is 11.5. The second-order valence-corrected chi connectivity index (χ2v) is 16.8. The van der Waals surface area contributed by atoms with Crippen molar-refractivity contribution in [2.75, 3.05) is 6.61 Å². The smallest absolute Gasteiger partial charge is 0.200 e. The Morgan fingerprint density at radius 3 is 2.06 bits per heavy atom. The lowest BCUT2D eigenvalue weighted by molar-refractivity contribution is -0.167. The number of rotatable bonds is 8. The van der Waals surface area contributed by atoms with E-state index in [1.807, 2.05) is 44.2 Å². The third kappa shape index (κ3) is 5.23. The maximum Gasteiger partial charge on any atom is 0.200 e. The van der Waals surface area contributed by atoms with Crippen molar-refractivity contribution in [2.45, 2.75) is 113 Å². The van der Waals surface area contributed by atoms with Crippen LogP contribution < -0.4 is 0 Å². The number of hydrogen-bond donors (Lipinski definition) is 1. The van der Waals surface area contributed by atoms with E-state index in [4.69, 9.17) is 18.6 Å². The Bertz CT molecular complexity index is 689. The SMILES string of the molecule is CC(C)[Si](OC[C@H]1O[C@H](Sc2ccccc2)[C@H](O)[C@H]2OC(C)(C)O[C@H]21)(C(C)C)C(C)C. The summed E-state index contributed by atoms with van der Waals surface area (Å²) >= 11 is 1.53. The molecule has 31 heavy (non-hydrogen) atoms. The van der Waals surface area contributed by atoms with Gasteiger partial charge in [0, 0.05) is 4.90 Å². The molecule has 5 atom stereocenters. The summed E-state index contributed by atoms with van der Waals surface area (Å²) < 4.78 is 25.6. The molecule has 1 aromatic carbocycles. The van der Waals surface area contributed by atoms with Crippen LogP contribution in [0.4, 0.5) is 0 Å². The number of thioether (sulfide) groups is 1. The summed E-state index contributed by atoms with van der Waals surface area (Å²) in [5.41, 5.74) is 1.03. The quantitative estimate of drug-likeness (QED) is 0.503. The van der Waals surface area contributed by atoms with Gasteiger partial charge in [-0.05, 0) is 42.6 Å². The van der Waals surface area contributed by atoms with Gasteiger partial charge in [-0.15, -0.1) is 0 Å². The third-order valence-electron chi connectivity index (χ3n) is 6.65. The van der Waals surface area contributed by atoms with Crippen molar-refractivity contribution in [3.8, 4) is 0 Å². The van der Waals surface area contributed by atoms with Gasteiger partial charge < -0.3 is 23.7 Å². The highest BCUT2D eigenvalue weighted by molar-refractivity contribution is 7.99. The molecule has 0 saturated carbocycles. The molecule has 0 unspecified atom stereocenters. The fourth-order valence-corrected chi connectivity index (χ4v) is 12.0. The highest BCUT2D eigenvalue weighted by Crippen LogP contribution is 2.45. The van der Waals surface area contributed by atoms with Crippen LogP contribution in [0.2, 0.25) is 16.6 Å². The molecule has 0 spiro atoms. The van der Waals surface area contributed by atoms with Crippen LogP contribution in [0, 0.1) is 0 Å². The van der Waals surface area contributed by atoms with Crippen molar-refractivity contribution in [1.29, 1.82) is 0 Å². The molecule has 0 bridgehead atoms. The Labute approximate surface area is 193 Å². The van der Waals surface area contributed by atoms with Gasteiger partial charge in [-0.1, -0.05) is 71.5 Å². The fraction of sp³-hybridized carbons (Fsp3) is 0.750. The van der Waals surface area contributed by atoms with E-state index >= 15 is 0 Å². The molecule has 1 N–H and O–H groups in total. The minimum absolute atomic E-state index is 0.292. The van der Waals surface area contributed by atoms with Crippen LogP contribution in [0.25, 0.3) is 0 Å². The van der Waals surface area contributed by atoms with Crippen LogP contribution in [-0.2, 0) is 18.6 Å².